The van der Waals surface area contributed by atoms with Gasteiger partial charge in [-0.25, -0.2) is 0 Å². The first kappa shape index (κ1) is 16.4. The minimum atomic E-state index is -0.321. The molecule has 0 radical (unpaired) electrons. The number of aromatic nitrogens is 1. The predicted molar refractivity (Wildman–Crippen MR) is 86.3 cm³/mol. The lowest BCUT2D eigenvalue weighted by molar-refractivity contribution is -0.116. The van der Waals surface area contributed by atoms with Gasteiger partial charge in [0.15, 0.2) is 5.78 Å². The van der Waals surface area contributed by atoms with Crippen molar-refractivity contribution in [3.05, 3.63) is 59.9 Å². The Morgan fingerprint density at radius 3 is 2.52 bits per heavy atom. The van der Waals surface area contributed by atoms with Crippen molar-refractivity contribution >= 4 is 23.3 Å². The highest BCUT2D eigenvalue weighted by Gasteiger charge is 2.13. The van der Waals surface area contributed by atoms with E-state index in [0.717, 1.165) is 0 Å². The summed E-state index contributed by atoms with van der Waals surface area (Å²) in [6.45, 7) is 0. The van der Waals surface area contributed by atoms with Gasteiger partial charge >= 0.3 is 0 Å². The number of ketones is 1. The second-order valence-corrected chi connectivity index (χ2v) is 4.84. The molecule has 2 rings (SSSR count). The molecule has 0 atom stereocenters. The Kier molecular flexibility index (Phi) is 5.57. The van der Waals surface area contributed by atoms with E-state index in [1.807, 2.05) is 0 Å². The zero-order chi connectivity index (χ0) is 16.7. The van der Waals surface area contributed by atoms with Crippen LogP contribution < -0.4 is 10.6 Å². The van der Waals surface area contributed by atoms with Gasteiger partial charge in [-0.1, -0.05) is 12.1 Å². The highest BCUT2D eigenvalue weighted by atomic mass is 16.2. The van der Waals surface area contributed by atoms with Gasteiger partial charge in [-0.05, 0) is 24.3 Å². The number of rotatable bonds is 6. The molecular formula is C17H17N3O3. The van der Waals surface area contributed by atoms with E-state index in [2.05, 4.69) is 15.6 Å². The average Bonchev–Trinajstić information content (AvgIpc) is 2.60. The van der Waals surface area contributed by atoms with E-state index in [1.165, 1.54) is 13.2 Å². The molecule has 6 heteroatoms. The topological polar surface area (TPSA) is 88.2 Å². The zero-order valence-corrected chi connectivity index (χ0v) is 12.7. The molecule has 2 amide bonds. The molecule has 23 heavy (non-hydrogen) atoms. The third kappa shape index (κ3) is 4.47. The largest absolute Gasteiger partial charge is 0.355 e. The van der Waals surface area contributed by atoms with Crippen LogP contribution in [0.3, 0.4) is 0 Å². The molecular weight excluding hydrogens is 294 g/mol. The molecule has 2 aromatic rings. The predicted octanol–water partition coefficient (Wildman–Crippen LogP) is 2.04. The first-order valence-electron chi connectivity index (χ1n) is 7.16. The van der Waals surface area contributed by atoms with Gasteiger partial charge in [0.1, 0.15) is 0 Å². The lowest BCUT2D eigenvalue weighted by Gasteiger charge is -2.09. The Morgan fingerprint density at radius 2 is 1.83 bits per heavy atom. The summed E-state index contributed by atoms with van der Waals surface area (Å²) < 4.78 is 0. The second-order valence-electron chi connectivity index (χ2n) is 4.84. The minimum absolute atomic E-state index is 0.0375. The number of pyridine rings is 1. The minimum Gasteiger partial charge on any atom is -0.355 e. The average molecular weight is 311 g/mol. The standard InChI is InChI=1S/C17H17N3O3/c1-18-17(23)13-6-2-3-7-14(13)20-16(22)9-8-15(21)12-5-4-10-19-11-12/h2-7,10-11H,8-9H2,1H3,(H,18,23)(H,20,22). The number of benzene rings is 1. The molecule has 0 spiro atoms. The van der Waals surface area contributed by atoms with Gasteiger partial charge in [-0.2, -0.15) is 0 Å². The van der Waals surface area contributed by atoms with Crippen LogP contribution in [0, 0.1) is 0 Å². The van der Waals surface area contributed by atoms with Crippen molar-refractivity contribution in [3.8, 4) is 0 Å². The quantitative estimate of drug-likeness (QED) is 0.799. The SMILES string of the molecule is CNC(=O)c1ccccc1NC(=O)CCC(=O)c1cccnc1. The van der Waals surface area contributed by atoms with E-state index in [0.29, 0.717) is 16.8 Å². The molecule has 1 heterocycles. The summed E-state index contributed by atoms with van der Waals surface area (Å²) in [6.07, 6.45) is 3.18. The number of amides is 2. The summed E-state index contributed by atoms with van der Waals surface area (Å²) in [5.74, 6) is -0.751. The van der Waals surface area contributed by atoms with E-state index >= 15 is 0 Å². The highest BCUT2D eigenvalue weighted by molar-refractivity contribution is 6.04. The molecule has 0 unspecified atom stereocenters. The maximum absolute atomic E-state index is 12.0. The normalized spacial score (nSPS) is 9.96. The van der Waals surface area contributed by atoms with Crippen molar-refractivity contribution < 1.29 is 14.4 Å². The van der Waals surface area contributed by atoms with Gasteiger partial charge in [0, 0.05) is 37.8 Å². The third-order valence-electron chi connectivity index (χ3n) is 3.24. The van der Waals surface area contributed by atoms with Crippen molar-refractivity contribution in [2.75, 3.05) is 12.4 Å². The van der Waals surface area contributed by atoms with Gasteiger partial charge in [-0.3, -0.25) is 19.4 Å². The number of nitrogens with one attached hydrogen (secondary N) is 2. The van der Waals surface area contributed by atoms with Gasteiger partial charge in [0.05, 0.1) is 11.3 Å². The Balaban J connectivity index is 1.96. The van der Waals surface area contributed by atoms with Crippen molar-refractivity contribution in [1.29, 1.82) is 0 Å². The number of Topliss-reactive ketones (excluding diaryl/α,β-unsaturated/α-hetero) is 1. The molecule has 0 aliphatic rings. The molecule has 6 nitrogen and oxygen atoms in total. The number of hydrogen-bond donors (Lipinski definition) is 2. The smallest absolute Gasteiger partial charge is 0.253 e. The van der Waals surface area contributed by atoms with Crippen molar-refractivity contribution in [2.45, 2.75) is 12.8 Å². The number of carbonyl (C=O) groups is 3. The number of hydrogen-bond acceptors (Lipinski definition) is 4. The molecule has 0 aliphatic heterocycles. The maximum atomic E-state index is 12.0. The molecule has 0 fully saturated rings. The lowest BCUT2D eigenvalue weighted by atomic mass is 10.1. The molecule has 0 saturated carbocycles. The van der Waals surface area contributed by atoms with Crippen LogP contribution in [-0.4, -0.2) is 29.6 Å². The first-order valence-corrected chi connectivity index (χ1v) is 7.16. The summed E-state index contributed by atoms with van der Waals surface area (Å²) >= 11 is 0. The Morgan fingerprint density at radius 1 is 1.04 bits per heavy atom. The molecule has 1 aromatic heterocycles. The molecule has 0 aliphatic carbocycles. The van der Waals surface area contributed by atoms with Crippen LogP contribution in [0.1, 0.15) is 33.6 Å². The van der Waals surface area contributed by atoms with Gasteiger partial charge in [-0.15, -0.1) is 0 Å². The van der Waals surface area contributed by atoms with Crippen LogP contribution in [-0.2, 0) is 4.79 Å². The fourth-order valence-corrected chi connectivity index (χ4v) is 2.04. The monoisotopic (exact) mass is 311 g/mol. The van der Waals surface area contributed by atoms with Crippen LogP contribution in [0.5, 0.6) is 0 Å². The van der Waals surface area contributed by atoms with Crippen LogP contribution in [0.4, 0.5) is 5.69 Å². The maximum Gasteiger partial charge on any atom is 0.253 e. The van der Waals surface area contributed by atoms with Gasteiger partial charge in [0.25, 0.3) is 5.91 Å². The highest BCUT2D eigenvalue weighted by Crippen LogP contribution is 2.15. The fraction of sp³-hybridized carbons (Fsp3) is 0.176. The summed E-state index contributed by atoms with van der Waals surface area (Å²) in [6, 6.07) is 10.0. The van der Waals surface area contributed by atoms with E-state index in [4.69, 9.17) is 0 Å². The van der Waals surface area contributed by atoms with Crippen molar-refractivity contribution in [2.24, 2.45) is 0 Å². The van der Waals surface area contributed by atoms with Gasteiger partial charge in [0.2, 0.25) is 5.91 Å². The Hall–Kier alpha value is -3.02. The van der Waals surface area contributed by atoms with Crippen LogP contribution in [0.25, 0.3) is 0 Å². The Bertz CT molecular complexity index is 714. The number of carbonyl (C=O) groups excluding carboxylic acids is 3. The lowest BCUT2D eigenvalue weighted by Crippen LogP contribution is -2.21. The van der Waals surface area contributed by atoms with Crippen LogP contribution in [0.15, 0.2) is 48.8 Å². The summed E-state index contributed by atoms with van der Waals surface area (Å²) in [5, 5.41) is 5.18. The molecule has 1 aromatic carbocycles. The molecule has 2 N–H and O–H groups in total. The van der Waals surface area contributed by atoms with E-state index in [1.54, 1.807) is 42.6 Å². The van der Waals surface area contributed by atoms with Crippen molar-refractivity contribution in [3.63, 3.8) is 0 Å². The number of anilines is 1. The third-order valence-corrected chi connectivity index (χ3v) is 3.24. The number of para-hydroxylation sites is 1. The first-order chi connectivity index (χ1) is 11.1. The van der Waals surface area contributed by atoms with Crippen LogP contribution >= 0.6 is 0 Å². The van der Waals surface area contributed by atoms with Crippen molar-refractivity contribution in [1.82, 2.24) is 10.3 Å². The second kappa shape index (κ2) is 7.84. The molecule has 0 bridgehead atoms. The van der Waals surface area contributed by atoms with E-state index in [-0.39, 0.29) is 30.4 Å². The molecule has 0 saturated heterocycles. The van der Waals surface area contributed by atoms with E-state index < -0.39 is 0 Å². The zero-order valence-electron chi connectivity index (χ0n) is 12.7. The Labute approximate surface area is 133 Å². The fourth-order valence-electron chi connectivity index (χ4n) is 2.04. The van der Waals surface area contributed by atoms with Crippen LogP contribution in [0.2, 0.25) is 0 Å². The summed E-state index contributed by atoms with van der Waals surface area (Å²) in [5.41, 5.74) is 1.28. The van der Waals surface area contributed by atoms with Gasteiger partial charge < -0.3 is 10.6 Å². The summed E-state index contributed by atoms with van der Waals surface area (Å²) in [4.78, 5) is 39.6. The number of nitrogens with zero attached hydrogens (tertiary/aromatic N) is 1. The summed E-state index contributed by atoms with van der Waals surface area (Å²) in [7, 11) is 1.52. The van der Waals surface area contributed by atoms with E-state index in [9.17, 15) is 14.4 Å². The molecule has 118 valence electrons.